The summed E-state index contributed by atoms with van der Waals surface area (Å²) in [7, 11) is 3.47. The van der Waals surface area contributed by atoms with Crippen molar-refractivity contribution >= 4 is 0 Å². The molecule has 1 aromatic carbocycles. The second-order valence-electron chi connectivity index (χ2n) is 3.28. The van der Waals surface area contributed by atoms with Crippen molar-refractivity contribution in [1.29, 1.82) is 0 Å². The first-order valence-electron chi connectivity index (χ1n) is 4.68. The van der Waals surface area contributed by atoms with Crippen LogP contribution in [0.5, 0.6) is 5.75 Å². The number of hydrogen-bond acceptors (Lipinski definition) is 3. The van der Waals surface area contributed by atoms with Gasteiger partial charge in [-0.3, -0.25) is 0 Å². The Balaban J connectivity index is 2.84. The molecule has 0 bridgehead atoms. The van der Waals surface area contributed by atoms with E-state index in [1.54, 1.807) is 14.0 Å². The Labute approximate surface area is 84.7 Å². The number of rotatable bonds is 4. The number of methoxy groups -OCH3 is 1. The van der Waals surface area contributed by atoms with Gasteiger partial charge in [-0.05, 0) is 31.7 Å². The first kappa shape index (κ1) is 11.0. The van der Waals surface area contributed by atoms with Crippen LogP contribution in [0.1, 0.15) is 18.5 Å². The molecule has 0 saturated heterocycles. The van der Waals surface area contributed by atoms with Gasteiger partial charge in [0.1, 0.15) is 5.75 Å². The van der Waals surface area contributed by atoms with E-state index in [0.717, 1.165) is 11.3 Å². The summed E-state index contributed by atoms with van der Waals surface area (Å²) < 4.78 is 5.06. The van der Waals surface area contributed by atoms with Crippen molar-refractivity contribution in [3.63, 3.8) is 0 Å². The lowest BCUT2D eigenvalue weighted by Gasteiger charge is -2.19. The first-order valence-corrected chi connectivity index (χ1v) is 4.68. The Morgan fingerprint density at radius 3 is 2.21 bits per heavy atom. The Bertz CT molecular complexity index is 269. The summed E-state index contributed by atoms with van der Waals surface area (Å²) >= 11 is 0. The molecule has 0 radical (unpaired) electrons. The molecule has 0 saturated carbocycles. The molecule has 3 nitrogen and oxygen atoms in total. The highest BCUT2D eigenvalue weighted by atomic mass is 16.5. The van der Waals surface area contributed by atoms with Crippen molar-refractivity contribution in [2.75, 3.05) is 14.2 Å². The normalized spacial score (nSPS) is 14.9. The van der Waals surface area contributed by atoms with Crippen molar-refractivity contribution in [2.24, 2.45) is 0 Å². The van der Waals surface area contributed by atoms with E-state index in [9.17, 15) is 5.11 Å². The second-order valence-corrected chi connectivity index (χ2v) is 3.28. The third-order valence-electron chi connectivity index (χ3n) is 2.27. The maximum Gasteiger partial charge on any atom is 0.118 e. The van der Waals surface area contributed by atoms with Crippen LogP contribution in [-0.4, -0.2) is 25.4 Å². The molecule has 0 amide bonds. The van der Waals surface area contributed by atoms with Gasteiger partial charge in [-0.2, -0.15) is 0 Å². The molecule has 1 aromatic rings. The van der Waals surface area contributed by atoms with Crippen molar-refractivity contribution < 1.29 is 9.84 Å². The lowest BCUT2D eigenvalue weighted by atomic mass is 10.0. The molecule has 0 heterocycles. The SMILES string of the molecule is CNC(c1ccc(OC)cc1)C(C)O. The summed E-state index contributed by atoms with van der Waals surface area (Å²) in [5.74, 6) is 0.828. The van der Waals surface area contributed by atoms with Gasteiger partial charge in [-0.15, -0.1) is 0 Å². The number of likely N-dealkylation sites (N-methyl/N-ethyl adjacent to an activating group) is 1. The monoisotopic (exact) mass is 195 g/mol. The molecule has 3 heteroatoms. The number of benzene rings is 1. The highest BCUT2D eigenvalue weighted by Crippen LogP contribution is 2.19. The van der Waals surface area contributed by atoms with Crippen molar-refractivity contribution in [3.8, 4) is 5.75 Å². The van der Waals surface area contributed by atoms with E-state index in [-0.39, 0.29) is 6.04 Å². The molecule has 0 aliphatic carbocycles. The lowest BCUT2D eigenvalue weighted by Crippen LogP contribution is -2.26. The van der Waals surface area contributed by atoms with E-state index in [1.165, 1.54) is 0 Å². The smallest absolute Gasteiger partial charge is 0.118 e. The molecule has 0 aliphatic rings. The van der Waals surface area contributed by atoms with Gasteiger partial charge in [0.25, 0.3) is 0 Å². The highest BCUT2D eigenvalue weighted by molar-refractivity contribution is 5.29. The average Bonchev–Trinajstić information content (AvgIpc) is 2.19. The van der Waals surface area contributed by atoms with E-state index in [1.807, 2.05) is 31.3 Å². The van der Waals surface area contributed by atoms with E-state index >= 15 is 0 Å². The van der Waals surface area contributed by atoms with Crippen LogP contribution in [0.2, 0.25) is 0 Å². The molecular formula is C11H17NO2. The maximum absolute atomic E-state index is 9.50. The average molecular weight is 195 g/mol. The molecule has 2 atom stereocenters. The molecule has 14 heavy (non-hydrogen) atoms. The van der Waals surface area contributed by atoms with E-state index in [4.69, 9.17) is 4.74 Å². The third-order valence-corrected chi connectivity index (χ3v) is 2.27. The van der Waals surface area contributed by atoms with Crippen LogP contribution in [0.25, 0.3) is 0 Å². The van der Waals surface area contributed by atoms with Crippen LogP contribution in [0, 0.1) is 0 Å². The Hall–Kier alpha value is -1.06. The van der Waals surface area contributed by atoms with Gasteiger partial charge in [0, 0.05) is 0 Å². The number of hydrogen-bond donors (Lipinski definition) is 2. The zero-order valence-electron chi connectivity index (χ0n) is 8.82. The van der Waals surface area contributed by atoms with Gasteiger partial charge in [-0.25, -0.2) is 0 Å². The highest BCUT2D eigenvalue weighted by Gasteiger charge is 2.14. The molecule has 2 unspecified atom stereocenters. The van der Waals surface area contributed by atoms with Crippen LogP contribution in [-0.2, 0) is 0 Å². The Morgan fingerprint density at radius 1 is 1.29 bits per heavy atom. The Morgan fingerprint density at radius 2 is 1.86 bits per heavy atom. The van der Waals surface area contributed by atoms with E-state index in [2.05, 4.69) is 5.32 Å². The minimum absolute atomic E-state index is 0.0269. The molecule has 0 aromatic heterocycles. The predicted octanol–water partition coefficient (Wildman–Crippen LogP) is 1.34. The largest absolute Gasteiger partial charge is 0.497 e. The fourth-order valence-corrected chi connectivity index (χ4v) is 1.50. The maximum atomic E-state index is 9.50. The van der Waals surface area contributed by atoms with Crippen LogP contribution >= 0.6 is 0 Å². The van der Waals surface area contributed by atoms with Crippen LogP contribution in [0.15, 0.2) is 24.3 Å². The van der Waals surface area contributed by atoms with E-state index < -0.39 is 6.10 Å². The minimum atomic E-state index is -0.409. The minimum Gasteiger partial charge on any atom is -0.497 e. The summed E-state index contributed by atoms with van der Waals surface area (Å²) in [6.07, 6.45) is -0.409. The molecule has 2 N–H and O–H groups in total. The quantitative estimate of drug-likeness (QED) is 0.761. The molecule has 0 aliphatic heterocycles. The van der Waals surface area contributed by atoms with Gasteiger partial charge in [0.05, 0.1) is 19.3 Å². The Kier molecular flexibility index (Phi) is 3.92. The summed E-state index contributed by atoms with van der Waals surface area (Å²) in [6.45, 7) is 1.77. The van der Waals surface area contributed by atoms with Crippen LogP contribution in [0.4, 0.5) is 0 Å². The van der Waals surface area contributed by atoms with Crippen LogP contribution in [0.3, 0.4) is 0 Å². The predicted molar refractivity (Wildman–Crippen MR) is 56.5 cm³/mol. The lowest BCUT2D eigenvalue weighted by molar-refractivity contribution is 0.150. The van der Waals surface area contributed by atoms with E-state index in [0.29, 0.717) is 0 Å². The van der Waals surface area contributed by atoms with Crippen molar-refractivity contribution in [2.45, 2.75) is 19.1 Å². The van der Waals surface area contributed by atoms with Gasteiger partial charge in [0.15, 0.2) is 0 Å². The zero-order valence-corrected chi connectivity index (χ0v) is 8.82. The molecular weight excluding hydrogens is 178 g/mol. The topological polar surface area (TPSA) is 41.5 Å². The van der Waals surface area contributed by atoms with Gasteiger partial charge in [-0.1, -0.05) is 12.1 Å². The molecule has 0 fully saturated rings. The zero-order chi connectivity index (χ0) is 10.6. The van der Waals surface area contributed by atoms with Gasteiger partial charge >= 0.3 is 0 Å². The van der Waals surface area contributed by atoms with Crippen molar-refractivity contribution in [3.05, 3.63) is 29.8 Å². The second kappa shape index (κ2) is 4.98. The number of ether oxygens (including phenoxy) is 1. The first-order chi connectivity index (χ1) is 6.69. The summed E-state index contributed by atoms with van der Waals surface area (Å²) in [5, 5.41) is 12.6. The molecule has 78 valence electrons. The number of nitrogens with one attached hydrogen (secondary N) is 1. The van der Waals surface area contributed by atoms with Crippen molar-refractivity contribution in [1.82, 2.24) is 5.32 Å². The fourth-order valence-electron chi connectivity index (χ4n) is 1.50. The van der Waals surface area contributed by atoms with Gasteiger partial charge in [0.2, 0.25) is 0 Å². The summed E-state index contributed by atoms with van der Waals surface area (Å²) in [4.78, 5) is 0. The fraction of sp³-hybridized carbons (Fsp3) is 0.455. The van der Waals surface area contributed by atoms with Gasteiger partial charge < -0.3 is 15.2 Å². The molecule has 0 spiro atoms. The summed E-state index contributed by atoms with van der Waals surface area (Å²) in [6, 6.07) is 7.66. The number of aliphatic hydroxyl groups excluding tert-OH is 1. The third kappa shape index (κ3) is 2.47. The summed E-state index contributed by atoms with van der Waals surface area (Å²) in [5.41, 5.74) is 1.06. The standard InChI is InChI=1S/C11H17NO2/c1-8(13)11(12-2)9-4-6-10(14-3)7-5-9/h4-8,11-13H,1-3H3. The number of aliphatic hydroxyl groups is 1. The molecule has 1 rings (SSSR count). The van der Waals surface area contributed by atoms with Crippen LogP contribution < -0.4 is 10.1 Å².